The summed E-state index contributed by atoms with van der Waals surface area (Å²) in [6.45, 7) is 9.14. The molecule has 126 valence electrons. The molecule has 2 saturated carbocycles. The number of fused-ring (bicyclic) bond motifs is 4. The molecular formula is C21H30O2. The van der Waals surface area contributed by atoms with Gasteiger partial charge in [-0.3, -0.25) is 4.79 Å². The fraction of sp³-hybridized carbons (Fsp3) is 0.762. The van der Waals surface area contributed by atoms with E-state index in [1.165, 1.54) is 48.8 Å². The number of allylic oxidation sites excluding steroid dienone is 4. The van der Waals surface area contributed by atoms with E-state index in [2.05, 4.69) is 27.7 Å². The Labute approximate surface area is 140 Å². The van der Waals surface area contributed by atoms with E-state index in [0.29, 0.717) is 11.3 Å². The Hall–Kier alpha value is -1.05. The molecule has 23 heavy (non-hydrogen) atoms. The summed E-state index contributed by atoms with van der Waals surface area (Å²) in [5.41, 5.74) is 4.81. The van der Waals surface area contributed by atoms with Crippen molar-refractivity contribution in [1.82, 2.24) is 0 Å². The highest BCUT2D eigenvalue weighted by Gasteiger charge is 2.57. The van der Waals surface area contributed by atoms with Gasteiger partial charge in [-0.15, -0.1) is 0 Å². The lowest BCUT2D eigenvalue weighted by Gasteiger charge is -2.53. The van der Waals surface area contributed by atoms with Crippen molar-refractivity contribution in [3.8, 4) is 0 Å². The minimum Gasteiger partial charge on any atom is -0.431 e. The monoisotopic (exact) mass is 314 g/mol. The molecule has 3 fully saturated rings. The van der Waals surface area contributed by atoms with Crippen molar-refractivity contribution in [1.29, 1.82) is 0 Å². The van der Waals surface area contributed by atoms with Crippen molar-refractivity contribution >= 4 is 5.97 Å². The second-order valence-corrected chi connectivity index (χ2v) is 9.14. The van der Waals surface area contributed by atoms with Crippen LogP contribution in [0.5, 0.6) is 0 Å². The molecule has 0 aromatic heterocycles. The quantitative estimate of drug-likeness (QED) is 0.433. The lowest BCUT2D eigenvalue weighted by molar-refractivity contribution is -0.164. The molecule has 1 heterocycles. The zero-order valence-corrected chi connectivity index (χ0v) is 15.1. The lowest BCUT2D eigenvalue weighted by atomic mass is 9.54. The third-order valence-electron chi connectivity index (χ3n) is 7.69. The van der Waals surface area contributed by atoms with E-state index >= 15 is 0 Å². The van der Waals surface area contributed by atoms with Crippen molar-refractivity contribution in [2.75, 3.05) is 0 Å². The first kappa shape index (κ1) is 15.5. The van der Waals surface area contributed by atoms with Gasteiger partial charge in [-0.1, -0.05) is 25.0 Å². The smallest absolute Gasteiger partial charge is 0.314 e. The fourth-order valence-corrected chi connectivity index (χ4v) is 5.95. The summed E-state index contributed by atoms with van der Waals surface area (Å²) in [5, 5.41) is 0. The van der Waals surface area contributed by atoms with Crippen LogP contribution in [0.25, 0.3) is 0 Å². The van der Waals surface area contributed by atoms with Crippen LogP contribution in [0, 0.1) is 22.7 Å². The summed E-state index contributed by atoms with van der Waals surface area (Å²) >= 11 is 0. The number of hydrogen-bond acceptors (Lipinski definition) is 2. The first-order chi connectivity index (χ1) is 10.8. The van der Waals surface area contributed by atoms with E-state index in [9.17, 15) is 4.79 Å². The maximum absolute atomic E-state index is 12.9. The van der Waals surface area contributed by atoms with Gasteiger partial charge in [0.05, 0.1) is 5.92 Å². The largest absolute Gasteiger partial charge is 0.431 e. The first-order valence-corrected chi connectivity index (χ1v) is 9.45. The summed E-state index contributed by atoms with van der Waals surface area (Å²) in [6.07, 6.45) is 9.42. The van der Waals surface area contributed by atoms with Gasteiger partial charge >= 0.3 is 5.97 Å². The van der Waals surface area contributed by atoms with Gasteiger partial charge in [0, 0.05) is 5.92 Å². The third kappa shape index (κ3) is 2.09. The summed E-state index contributed by atoms with van der Waals surface area (Å²) in [5.74, 6) is 1.72. The van der Waals surface area contributed by atoms with Crippen molar-refractivity contribution in [2.45, 2.75) is 79.1 Å². The lowest BCUT2D eigenvalue weighted by Crippen LogP contribution is -2.50. The molecule has 4 unspecified atom stereocenters. The number of carbonyl (C=O) groups is 1. The van der Waals surface area contributed by atoms with Crippen molar-refractivity contribution < 1.29 is 9.53 Å². The molecule has 0 aromatic carbocycles. The molecule has 1 saturated heterocycles. The highest BCUT2D eigenvalue weighted by Crippen LogP contribution is 2.62. The van der Waals surface area contributed by atoms with Crippen LogP contribution in [0.3, 0.4) is 0 Å². The molecule has 0 radical (unpaired) electrons. The van der Waals surface area contributed by atoms with Crippen LogP contribution >= 0.6 is 0 Å². The zero-order valence-electron chi connectivity index (χ0n) is 15.1. The number of ether oxygens (including phenoxy) is 1. The van der Waals surface area contributed by atoms with E-state index in [4.69, 9.17) is 4.74 Å². The van der Waals surface area contributed by atoms with Gasteiger partial charge in [-0.05, 0) is 81.6 Å². The van der Waals surface area contributed by atoms with Gasteiger partial charge in [0.15, 0.2) is 0 Å². The summed E-state index contributed by atoms with van der Waals surface area (Å²) < 4.78 is 6.05. The highest BCUT2D eigenvalue weighted by atomic mass is 16.5. The Morgan fingerprint density at radius 1 is 1.09 bits per heavy atom. The SMILES string of the molecule is CC(C)=C1CCC2(C)C(C1)C(=O)OC1=C3CCCC3(C)CCC12. The summed E-state index contributed by atoms with van der Waals surface area (Å²) in [7, 11) is 0. The van der Waals surface area contributed by atoms with Crippen LogP contribution in [0.4, 0.5) is 0 Å². The molecule has 0 bridgehead atoms. The maximum atomic E-state index is 12.9. The Balaban J connectivity index is 1.76. The van der Waals surface area contributed by atoms with Crippen LogP contribution in [-0.2, 0) is 9.53 Å². The van der Waals surface area contributed by atoms with Crippen molar-refractivity contribution in [3.63, 3.8) is 0 Å². The molecule has 0 amide bonds. The van der Waals surface area contributed by atoms with Crippen LogP contribution in [0.2, 0.25) is 0 Å². The molecule has 4 atom stereocenters. The third-order valence-corrected chi connectivity index (χ3v) is 7.69. The topological polar surface area (TPSA) is 26.3 Å². The standard InChI is InChI=1S/C21H30O2/c1-13(2)14-7-11-21(4)16-8-10-20(3)9-5-6-15(20)18(16)23-19(22)17(21)12-14/h16-17H,5-12H2,1-4H3. The Morgan fingerprint density at radius 3 is 2.61 bits per heavy atom. The molecule has 0 aromatic rings. The van der Waals surface area contributed by atoms with Crippen molar-refractivity contribution in [3.05, 3.63) is 22.5 Å². The van der Waals surface area contributed by atoms with Gasteiger partial charge < -0.3 is 4.74 Å². The number of hydrogen-bond donors (Lipinski definition) is 0. The number of carbonyl (C=O) groups excluding carboxylic acids is 1. The zero-order chi connectivity index (χ0) is 16.4. The number of esters is 1. The van der Waals surface area contributed by atoms with Gasteiger partial charge in [0.2, 0.25) is 0 Å². The Bertz CT molecular complexity index is 622. The molecule has 1 aliphatic heterocycles. The van der Waals surface area contributed by atoms with Crippen LogP contribution in [0.1, 0.15) is 79.1 Å². The average molecular weight is 314 g/mol. The Morgan fingerprint density at radius 2 is 1.87 bits per heavy atom. The highest BCUT2D eigenvalue weighted by molar-refractivity contribution is 5.77. The minimum atomic E-state index is 0.0563. The minimum absolute atomic E-state index is 0.0563. The molecule has 3 aliphatic carbocycles. The molecule has 4 aliphatic rings. The molecular weight excluding hydrogens is 284 g/mol. The number of rotatable bonds is 0. The average Bonchev–Trinajstić information content (AvgIpc) is 2.89. The summed E-state index contributed by atoms with van der Waals surface area (Å²) in [4.78, 5) is 12.9. The normalized spacial score (nSPS) is 42.8. The van der Waals surface area contributed by atoms with E-state index in [1.54, 1.807) is 0 Å². The van der Waals surface area contributed by atoms with E-state index in [1.807, 2.05) is 0 Å². The molecule has 0 spiro atoms. The van der Waals surface area contributed by atoms with E-state index in [0.717, 1.165) is 25.0 Å². The molecule has 4 rings (SSSR count). The predicted octanol–water partition coefficient (Wildman–Crippen LogP) is 5.54. The van der Waals surface area contributed by atoms with Crippen LogP contribution in [0.15, 0.2) is 22.5 Å². The van der Waals surface area contributed by atoms with Gasteiger partial charge in [-0.2, -0.15) is 0 Å². The predicted molar refractivity (Wildman–Crippen MR) is 91.6 cm³/mol. The second-order valence-electron chi connectivity index (χ2n) is 9.14. The van der Waals surface area contributed by atoms with E-state index in [-0.39, 0.29) is 17.3 Å². The van der Waals surface area contributed by atoms with Gasteiger partial charge in [-0.25, -0.2) is 0 Å². The van der Waals surface area contributed by atoms with Gasteiger partial charge in [0.25, 0.3) is 0 Å². The molecule has 0 N–H and O–H groups in total. The first-order valence-electron chi connectivity index (χ1n) is 9.45. The van der Waals surface area contributed by atoms with Gasteiger partial charge in [0.1, 0.15) is 5.76 Å². The van der Waals surface area contributed by atoms with Crippen LogP contribution in [-0.4, -0.2) is 5.97 Å². The Kier molecular flexibility index (Phi) is 3.35. The van der Waals surface area contributed by atoms with Crippen LogP contribution < -0.4 is 0 Å². The fourth-order valence-electron chi connectivity index (χ4n) is 5.95. The summed E-state index contributed by atoms with van der Waals surface area (Å²) in [6, 6.07) is 0. The molecule has 2 nitrogen and oxygen atoms in total. The second kappa shape index (κ2) is 4.97. The van der Waals surface area contributed by atoms with Crippen molar-refractivity contribution in [2.24, 2.45) is 22.7 Å². The molecule has 2 heteroatoms. The van der Waals surface area contributed by atoms with E-state index < -0.39 is 0 Å². The maximum Gasteiger partial charge on any atom is 0.314 e.